The summed E-state index contributed by atoms with van der Waals surface area (Å²) in [6.07, 6.45) is 3.38. The minimum atomic E-state index is -3.18. The van der Waals surface area contributed by atoms with Gasteiger partial charge in [-0.3, -0.25) is 4.68 Å². The summed E-state index contributed by atoms with van der Waals surface area (Å²) in [7, 11) is -1.41. The Hall–Kier alpha value is -2.35. The molecule has 0 radical (unpaired) electrons. The van der Waals surface area contributed by atoms with Gasteiger partial charge in [-0.05, 0) is 25.0 Å². The zero-order chi connectivity index (χ0) is 18.9. The molecule has 1 aliphatic heterocycles. The van der Waals surface area contributed by atoms with Crippen molar-refractivity contribution in [3.8, 4) is 0 Å². The maximum atomic E-state index is 12.9. The number of hydrogen-bond acceptors (Lipinski definition) is 4. The largest absolute Gasteiger partial charge is 0.331 e. The van der Waals surface area contributed by atoms with E-state index in [4.69, 9.17) is 0 Å². The lowest BCUT2D eigenvalue weighted by Gasteiger charge is -2.35. The summed E-state index contributed by atoms with van der Waals surface area (Å²) in [5, 5.41) is 7.12. The molecule has 2 amide bonds. The molecule has 0 aliphatic carbocycles. The van der Waals surface area contributed by atoms with Crippen LogP contribution in [0.25, 0.3) is 0 Å². The van der Waals surface area contributed by atoms with Gasteiger partial charge in [0.2, 0.25) is 0 Å². The van der Waals surface area contributed by atoms with Crippen LogP contribution in [0.3, 0.4) is 0 Å². The van der Waals surface area contributed by atoms with Crippen molar-refractivity contribution in [2.45, 2.75) is 25.9 Å². The van der Waals surface area contributed by atoms with Crippen LogP contribution in [-0.2, 0) is 16.9 Å². The van der Waals surface area contributed by atoms with E-state index in [2.05, 4.69) is 10.4 Å². The Balaban J connectivity index is 1.81. The monoisotopic (exact) mass is 376 g/mol. The first kappa shape index (κ1) is 18.4. The van der Waals surface area contributed by atoms with Gasteiger partial charge in [-0.25, -0.2) is 13.2 Å². The third-order valence-electron chi connectivity index (χ3n) is 4.80. The Kier molecular flexibility index (Phi) is 5.04. The highest BCUT2D eigenvalue weighted by molar-refractivity contribution is 7.91. The fraction of sp³-hybridized carbons (Fsp3) is 0.444. The highest BCUT2D eigenvalue weighted by Crippen LogP contribution is 2.27. The van der Waals surface area contributed by atoms with E-state index in [0.29, 0.717) is 0 Å². The molecule has 1 aliphatic rings. The van der Waals surface area contributed by atoms with Crippen LogP contribution >= 0.6 is 0 Å². The van der Waals surface area contributed by atoms with Gasteiger partial charge < -0.3 is 10.2 Å². The zero-order valence-electron chi connectivity index (χ0n) is 15.2. The van der Waals surface area contributed by atoms with Gasteiger partial charge in [0.15, 0.2) is 9.84 Å². The van der Waals surface area contributed by atoms with E-state index in [9.17, 15) is 13.2 Å². The Morgan fingerprint density at radius 3 is 2.73 bits per heavy atom. The van der Waals surface area contributed by atoms with Crippen LogP contribution in [0.5, 0.6) is 0 Å². The molecular weight excluding hydrogens is 352 g/mol. The lowest BCUT2D eigenvalue weighted by molar-refractivity contribution is 0.178. The van der Waals surface area contributed by atoms with Crippen molar-refractivity contribution in [3.63, 3.8) is 0 Å². The molecule has 1 saturated heterocycles. The Morgan fingerprint density at radius 2 is 2.08 bits per heavy atom. The second-order valence-corrected chi connectivity index (χ2v) is 9.03. The number of sulfone groups is 1. The maximum Gasteiger partial charge on any atom is 0.318 e. The first-order valence-electron chi connectivity index (χ1n) is 8.58. The van der Waals surface area contributed by atoms with Gasteiger partial charge >= 0.3 is 6.03 Å². The number of hydrogen-bond donors (Lipinski definition) is 1. The lowest BCUT2D eigenvalue weighted by atomic mass is 10.0. The van der Waals surface area contributed by atoms with Gasteiger partial charge in [-0.1, -0.05) is 24.3 Å². The predicted molar refractivity (Wildman–Crippen MR) is 99.4 cm³/mol. The van der Waals surface area contributed by atoms with Gasteiger partial charge in [0.25, 0.3) is 0 Å². The Bertz CT molecular complexity index is 907. The molecule has 0 spiro atoms. The lowest BCUT2D eigenvalue weighted by Crippen LogP contribution is -2.50. The van der Waals surface area contributed by atoms with Gasteiger partial charge in [0, 0.05) is 25.4 Å². The number of benzene rings is 1. The molecule has 2 heterocycles. The highest BCUT2D eigenvalue weighted by atomic mass is 32.2. The summed E-state index contributed by atoms with van der Waals surface area (Å²) in [6.45, 7) is 4.11. The third-order valence-corrected chi connectivity index (χ3v) is 6.42. The van der Waals surface area contributed by atoms with Crippen LogP contribution < -0.4 is 5.32 Å². The van der Waals surface area contributed by atoms with E-state index in [0.717, 1.165) is 16.7 Å². The number of carbonyl (C=O) groups excluding carboxylic acids is 1. The first-order valence-corrected chi connectivity index (χ1v) is 10.4. The second kappa shape index (κ2) is 7.11. The summed E-state index contributed by atoms with van der Waals surface area (Å²) in [6, 6.07) is 6.94. The molecule has 0 bridgehead atoms. The summed E-state index contributed by atoms with van der Waals surface area (Å²) < 4.78 is 25.8. The van der Waals surface area contributed by atoms with Crippen molar-refractivity contribution in [2.24, 2.45) is 7.05 Å². The van der Waals surface area contributed by atoms with E-state index in [-0.39, 0.29) is 30.1 Å². The topological polar surface area (TPSA) is 84.3 Å². The number of aromatic nitrogens is 2. The molecule has 3 rings (SSSR count). The number of nitrogens with one attached hydrogen (secondary N) is 1. The molecule has 0 saturated carbocycles. The fourth-order valence-electron chi connectivity index (χ4n) is 3.36. The number of carbonyl (C=O) groups is 1. The molecule has 26 heavy (non-hydrogen) atoms. The molecule has 1 aromatic heterocycles. The van der Waals surface area contributed by atoms with Crippen LogP contribution in [0.1, 0.15) is 35.7 Å². The van der Waals surface area contributed by atoms with Gasteiger partial charge in [0.1, 0.15) is 0 Å². The van der Waals surface area contributed by atoms with Gasteiger partial charge in [-0.15, -0.1) is 0 Å². The van der Waals surface area contributed by atoms with Crippen molar-refractivity contribution in [1.82, 2.24) is 20.0 Å². The van der Waals surface area contributed by atoms with E-state index in [1.807, 2.05) is 38.1 Å². The SMILES string of the molecule is Cc1ccccc1[C@@H](C)NC(=O)N1CCS(=O)(=O)C[C@@H]1c1cnn(C)c1. The van der Waals surface area contributed by atoms with E-state index < -0.39 is 15.9 Å². The minimum Gasteiger partial charge on any atom is -0.331 e. The third kappa shape index (κ3) is 3.90. The van der Waals surface area contributed by atoms with E-state index in [1.165, 1.54) is 0 Å². The van der Waals surface area contributed by atoms with Crippen molar-refractivity contribution in [3.05, 3.63) is 53.3 Å². The normalized spacial score (nSPS) is 20.6. The van der Waals surface area contributed by atoms with Crippen molar-refractivity contribution in [2.75, 3.05) is 18.1 Å². The van der Waals surface area contributed by atoms with E-state index >= 15 is 0 Å². The number of aryl methyl sites for hydroxylation is 2. The molecule has 0 unspecified atom stereocenters. The molecule has 7 nitrogen and oxygen atoms in total. The second-order valence-electron chi connectivity index (χ2n) is 6.80. The Labute approximate surface area is 153 Å². The molecular formula is C18H24N4O3S. The van der Waals surface area contributed by atoms with E-state index in [1.54, 1.807) is 29.0 Å². The maximum absolute atomic E-state index is 12.9. The number of nitrogens with zero attached hydrogens (tertiary/aromatic N) is 3. The number of rotatable bonds is 3. The van der Waals surface area contributed by atoms with Crippen LogP contribution in [0.15, 0.2) is 36.7 Å². The molecule has 1 fully saturated rings. The molecule has 2 atom stereocenters. The van der Waals surface area contributed by atoms with Crippen LogP contribution in [0.2, 0.25) is 0 Å². The van der Waals surface area contributed by atoms with Crippen molar-refractivity contribution >= 4 is 15.9 Å². The summed E-state index contributed by atoms with van der Waals surface area (Å²) in [4.78, 5) is 14.5. The first-order chi connectivity index (χ1) is 12.3. The average molecular weight is 376 g/mol. The number of amides is 2. The van der Waals surface area contributed by atoms with Gasteiger partial charge in [-0.2, -0.15) is 5.10 Å². The Morgan fingerprint density at radius 1 is 1.35 bits per heavy atom. The van der Waals surface area contributed by atoms with Crippen LogP contribution in [0.4, 0.5) is 4.79 Å². The standard InChI is InChI=1S/C18H24N4O3S/c1-13-6-4-5-7-16(13)14(2)20-18(23)22-8-9-26(24,25)12-17(22)15-10-19-21(3)11-15/h4-7,10-11,14,17H,8-9,12H2,1-3H3,(H,20,23)/t14-,17-/m1/s1. The minimum absolute atomic E-state index is 0.0179. The summed E-state index contributed by atoms with van der Waals surface area (Å²) >= 11 is 0. The quantitative estimate of drug-likeness (QED) is 0.888. The van der Waals surface area contributed by atoms with Crippen molar-refractivity contribution < 1.29 is 13.2 Å². The summed E-state index contributed by atoms with van der Waals surface area (Å²) in [5.74, 6) is -0.0964. The van der Waals surface area contributed by atoms with Crippen LogP contribution in [-0.4, -0.2) is 47.2 Å². The zero-order valence-corrected chi connectivity index (χ0v) is 16.0. The average Bonchev–Trinajstić information content (AvgIpc) is 3.00. The smallest absolute Gasteiger partial charge is 0.318 e. The molecule has 1 aromatic carbocycles. The number of urea groups is 1. The highest BCUT2D eigenvalue weighted by Gasteiger charge is 2.36. The molecule has 1 N–H and O–H groups in total. The fourth-order valence-corrected chi connectivity index (χ4v) is 4.85. The molecule has 8 heteroatoms. The summed E-state index contributed by atoms with van der Waals surface area (Å²) in [5.41, 5.74) is 2.88. The van der Waals surface area contributed by atoms with Gasteiger partial charge in [0.05, 0.1) is 29.8 Å². The molecule has 2 aromatic rings. The van der Waals surface area contributed by atoms with Crippen LogP contribution in [0, 0.1) is 6.92 Å². The predicted octanol–water partition coefficient (Wildman–Crippen LogP) is 1.97. The van der Waals surface area contributed by atoms with Crippen molar-refractivity contribution in [1.29, 1.82) is 0 Å². The molecule has 140 valence electrons.